The van der Waals surface area contributed by atoms with Crippen molar-refractivity contribution < 1.29 is 22.7 Å². The van der Waals surface area contributed by atoms with Crippen molar-refractivity contribution in [3.8, 4) is 0 Å². The molecule has 0 spiro atoms. The van der Waals surface area contributed by atoms with E-state index in [2.05, 4.69) is 9.64 Å². The second-order valence-electron chi connectivity index (χ2n) is 4.95. The SMILES string of the molecule is CN1C2CCC1CN(C(=O)OCC(F)(F)F)CC2. The lowest BCUT2D eigenvalue weighted by atomic mass is 10.1. The third-order valence-corrected chi connectivity index (χ3v) is 3.77. The number of nitrogens with zero attached hydrogens (tertiary/aromatic N) is 2. The first-order valence-electron chi connectivity index (χ1n) is 6.07. The summed E-state index contributed by atoms with van der Waals surface area (Å²) in [4.78, 5) is 15.2. The van der Waals surface area contributed by atoms with E-state index < -0.39 is 18.9 Å². The Morgan fingerprint density at radius 3 is 2.61 bits per heavy atom. The first kappa shape index (κ1) is 13.5. The van der Waals surface area contributed by atoms with Crippen LogP contribution in [-0.2, 0) is 4.74 Å². The monoisotopic (exact) mass is 266 g/mol. The minimum absolute atomic E-state index is 0.246. The van der Waals surface area contributed by atoms with Gasteiger partial charge in [-0.15, -0.1) is 0 Å². The Morgan fingerprint density at radius 1 is 1.28 bits per heavy atom. The number of rotatable bonds is 1. The number of carbonyl (C=O) groups is 1. The van der Waals surface area contributed by atoms with Crippen LogP contribution in [-0.4, -0.2) is 60.9 Å². The van der Waals surface area contributed by atoms with Crippen molar-refractivity contribution in [2.45, 2.75) is 37.5 Å². The lowest BCUT2D eigenvalue weighted by Crippen LogP contribution is -2.40. The number of likely N-dealkylation sites (tertiary alicyclic amines) is 1. The maximum Gasteiger partial charge on any atom is 0.422 e. The molecule has 2 bridgehead atoms. The first-order valence-corrected chi connectivity index (χ1v) is 6.07. The van der Waals surface area contributed by atoms with Crippen molar-refractivity contribution in [3.63, 3.8) is 0 Å². The summed E-state index contributed by atoms with van der Waals surface area (Å²) in [5.74, 6) is 0. The van der Waals surface area contributed by atoms with Crippen LogP contribution in [0.5, 0.6) is 0 Å². The zero-order chi connectivity index (χ0) is 13.3. The van der Waals surface area contributed by atoms with E-state index in [1.165, 1.54) is 4.90 Å². The highest BCUT2D eigenvalue weighted by molar-refractivity contribution is 5.67. The average molecular weight is 266 g/mol. The van der Waals surface area contributed by atoms with Crippen molar-refractivity contribution in [2.24, 2.45) is 0 Å². The van der Waals surface area contributed by atoms with Crippen molar-refractivity contribution in [2.75, 3.05) is 26.7 Å². The van der Waals surface area contributed by atoms with Gasteiger partial charge in [-0.2, -0.15) is 13.2 Å². The molecule has 4 nitrogen and oxygen atoms in total. The summed E-state index contributed by atoms with van der Waals surface area (Å²) in [6.07, 6.45) is -2.42. The van der Waals surface area contributed by atoms with Crippen molar-refractivity contribution in [1.82, 2.24) is 9.80 Å². The summed E-state index contributed by atoms with van der Waals surface area (Å²) in [5.41, 5.74) is 0. The van der Waals surface area contributed by atoms with Gasteiger partial charge in [0.05, 0.1) is 0 Å². The number of fused-ring (bicyclic) bond motifs is 2. The topological polar surface area (TPSA) is 32.8 Å². The fraction of sp³-hybridized carbons (Fsp3) is 0.909. The van der Waals surface area contributed by atoms with Gasteiger partial charge in [0.1, 0.15) is 0 Å². The molecule has 2 aliphatic rings. The number of hydrogen-bond acceptors (Lipinski definition) is 3. The highest BCUT2D eigenvalue weighted by Gasteiger charge is 2.37. The molecule has 2 aliphatic heterocycles. The van der Waals surface area contributed by atoms with Gasteiger partial charge in [-0.25, -0.2) is 4.79 Å². The Bertz CT molecular complexity index is 322. The summed E-state index contributed by atoms with van der Waals surface area (Å²) in [7, 11) is 2.01. The molecule has 7 heteroatoms. The van der Waals surface area contributed by atoms with Gasteiger partial charge in [0.25, 0.3) is 0 Å². The van der Waals surface area contributed by atoms with Crippen molar-refractivity contribution in [1.29, 1.82) is 0 Å². The second-order valence-corrected chi connectivity index (χ2v) is 4.95. The third kappa shape index (κ3) is 3.07. The number of carbonyl (C=O) groups excluding carboxylic acids is 1. The molecule has 104 valence electrons. The maximum absolute atomic E-state index is 12.0. The molecule has 2 atom stereocenters. The number of alkyl halides is 3. The lowest BCUT2D eigenvalue weighted by Gasteiger charge is -2.25. The lowest BCUT2D eigenvalue weighted by molar-refractivity contribution is -0.162. The number of halogens is 3. The Hall–Kier alpha value is -0.980. The molecular weight excluding hydrogens is 249 g/mol. The molecule has 2 fully saturated rings. The van der Waals surface area contributed by atoms with Crippen LogP contribution in [0.15, 0.2) is 0 Å². The number of hydrogen-bond donors (Lipinski definition) is 0. The molecule has 0 aromatic rings. The molecular formula is C11H17F3N2O2. The molecule has 0 aliphatic carbocycles. The molecule has 2 saturated heterocycles. The highest BCUT2D eigenvalue weighted by atomic mass is 19.4. The average Bonchev–Trinajstić information content (AvgIpc) is 2.49. The fourth-order valence-corrected chi connectivity index (χ4v) is 2.71. The maximum atomic E-state index is 12.0. The standard InChI is InChI=1S/C11H17F3N2O2/c1-15-8-2-3-9(15)6-16(5-4-8)10(17)18-7-11(12,13)14/h8-9H,2-7H2,1H3. The van der Waals surface area contributed by atoms with E-state index >= 15 is 0 Å². The minimum atomic E-state index is -4.46. The van der Waals surface area contributed by atoms with E-state index in [9.17, 15) is 18.0 Å². The molecule has 0 N–H and O–H groups in total. The molecule has 2 unspecified atom stereocenters. The summed E-state index contributed by atoms with van der Waals surface area (Å²) in [6, 6.07) is 0.686. The quantitative estimate of drug-likeness (QED) is 0.726. The Labute approximate surface area is 104 Å². The van der Waals surface area contributed by atoms with Crippen LogP contribution in [0.2, 0.25) is 0 Å². The Balaban J connectivity index is 1.88. The van der Waals surface area contributed by atoms with Crippen LogP contribution < -0.4 is 0 Å². The van der Waals surface area contributed by atoms with Gasteiger partial charge in [0, 0.05) is 25.2 Å². The molecule has 0 saturated carbocycles. The Morgan fingerprint density at radius 2 is 1.94 bits per heavy atom. The molecule has 2 heterocycles. The molecule has 2 rings (SSSR count). The summed E-state index contributed by atoms with van der Waals surface area (Å²) < 4.78 is 40.2. The van der Waals surface area contributed by atoms with Gasteiger partial charge >= 0.3 is 12.3 Å². The van der Waals surface area contributed by atoms with Crippen molar-refractivity contribution >= 4 is 6.09 Å². The minimum Gasteiger partial charge on any atom is -0.440 e. The highest BCUT2D eigenvalue weighted by Crippen LogP contribution is 2.28. The summed E-state index contributed by atoms with van der Waals surface area (Å²) in [5, 5.41) is 0. The van der Waals surface area contributed by atoms with Gasteiger partial charge in [0.15, 0.2) is 6.61 Å². The van der Waals surface area contributed by atoms with E-state index in [4.69, 9.17) is 0 Å². The van der Waals surface area contributed by atoms with E-state index in [0.29, 0.717) is 19.1 Å². The van der Waals surface area contributed by atoms with Crippen LogP contribution in [0, 0.1) is 0 Å². The van der Waals surface area contributed by atoms with Crippen LogP contribution in [0.25, 0.3) is 0 Å². The summed E-state index contributed by atoms with van der Waals surface area (Å²) in [6.45, 7) is -0.571. The van der Waals surface area contributed by atoms with Gasteiger partial charge in [-0.05, 0) is 26.3 Å². The molecule has 0 aromatic heterocycles. The van der Waals surface area contributed by atoms with Crippen LogP contribution in [0.1, 0.15) is 19.3 Å². The zero-order valence-corrected chi connectivity index (χ0v) is 10.2. The van der Waals surface area contributed by atoms with E-state index in [0.717, 1.165) is 19.3 Å². The second kappa shape index (κ2) is 4.95. The Kier molecular flexibility index (Phi) is 3.70. The van der Waals surface area contributed by atoms with E-state index in [1.54, 1.807) is 0 Å². The first-order chi connectivity index (χ1) is 8.37. The predicted molar refractivity (Wildman–Crippen MR) is 58.2 cm³/mol. The third-order valence-electron chi connectivity index (χ3n) is 3.77. The largest absolute Gasteiger partial charge is 0.440 e. The van der Waals surface area contributed by atoms with E-state index in [-0.39, 0.29) is 6.04 Å². The molecule has 18 heavy (non-hydrogen) atoms. The molecule has 0 radical (unpaired) electrons. The molecule has 1 amide bonds. The van der Waals surface area contributed by atoms with Gasteiger partial charge in [-0.3, -0.25) is 4.90 Å². The smallest absolute Gasteiger partial charge is 0.422 e. The summed E-state index contributed by atoms with van der Waals surface area (Å²) >= 11 is 0. The van der Waals surface area contributed by atoms with E-state index in [1.807, 2.05) is 7.05 Å². The number of likely N-dealkylation sites (N-methyl/N-ethyl adjacent to an activating group) is 1. The normalized spacial score (nSPS) is 29.2. The van der Waals surface area contributed by atoms with Crippen LogP contribution in [0.3, 0.4) is 0 Å². The van der Waals surface area contributed by atoms with Gasteiger partial charge in [-0.1, -0.05) is 0 Å². The van der Waals surface area contributed by atoms with Gasteiger partial charge in [0.2, 0.25) is 0 Å². The number of amides is 1. The fourth-order valence-electron chi connectivity index (χ4n) is 2.71. The number of ether oxygens (including phenoxy) is 1. The molecule has 0 aromatic carbocycles. The van der Waals surface area contributed by atoms with Gasteiger partial charge < -0.3 is 9.64 Å². The van der Waals surface area contributed by atoms with Crippen LogP contribution in [0.4, 0.5) is 18.0 Å². The van der Waals surface area contributed by atoms with Crippen LogP contribution >= 0.6 is 0 Å². The predicted octanol–water partition coefficient (Wildman–Crippen LogP) is 1.85. The van der Waals surface area contributed by atoms with Crippen molar-refractivity contribution in [3.05, 3.63) is 0 Å². The zero-order valence-electron chi connectivity index (χ0n) is 10.2.